The van der Waals surface area contributed by atoms with E-state index >= 15 is 0 Å². The van der Waals surface area contributed by atoms with Gasteiger partial charge in [-0.3, -0.25) is 4.98 Å². The van der Waals surface area contributed by atoms with Crippen LogP contribution in [0, 0.1) is 19.8 Å². The Balaban J connectivity index is 1.79. The minimum Gasteiger partial charge on any atom is -0.385 e. The van der Waals surface area contributed by atoms with Crippen LogP contribution in [-0.2, 0) is 7.05 Å². The Hall–Kier alpha value is -1.95. The molecular formula is C16H23N5O. The number of hydrogen-bond donors (Lipinski definition) is 1. The quantitative estimate of drug-likeness (QED) is 0.936. The molecule has 3 rings (SSSR count). The van der Waals surface area contributed by atoms with Crippen molar-refractivity contribution in [3.05, 3.63) is 35.8 Å². The zero-order chi connectivity index (χ0) is 15.7. The molecule has 0 radical (unpaired) electrons. The van der Waals surface area contributed by atoms with Crippen molar-refractivity contribution < 1.29 is 5.11 Å². The van der Waals surface area contributed by atoms with Gasteiger partial charge in [0.15, 0.2) is 0 Å². The molecule has 22 heavy (non-hydrogen) atoms. The summed E-state index contributed by atoms with van der Waals surface area (Å²) in [6, 6.07) is 0. The fourth-order valence-corrected chi connectivity index (χ4v) is 3.16. The summed E-state index contributed by atoms with van der Waals surface area (Å²) < 4.78 is 1.89. The Morgan fingerprint density at radius 2 is 2.14 bits per heavy atom. The van der Waals surface area contributed by atoms with Gasteiger partial charge >= 0.3 is 0 Å². The molecule has 2 aromatic rings. The summed E-state index contributed by atoms with van der Waals surface area (Å²) in [5.41, 5.74) is 1.87. The molecule has 0 bridgehead atoms. The maximum absolute atomic E-state index is 10.7. The van der Waals surface area contributed by atoms with E-state index < -0.39 is 6.10 Å². The van der Waals surface area contributed by atoms with Gasteiger partial charge in [0, 0.05) is 44.6 Å². The van der Waals surface area contributed by atoms with Crippen LogP contribution < -0.4 is 4.90 Å². The first kappa shape index (κ1) is 15.0. The number of aromatic nitrogens is 4. The highest BCUT2D eigenvalue weighted by Crippen LogP contribution is 2.31. The molecule has 1 aliphatic heterocycles. The molecule has 0 spiro atoms. The number of anilines is 1. The van der Waals surface area contributed by atoms with Crippen molar-refractivity contribution in [3.63, 3.8) is 0 Å². The molecule has 1 saturated heterocycles. The van der Waals surface area contributed by atoms with Gasteiger partial charge < -0.3 is 14.6 Å². The molecule has 6 heteroatoms. The number of imidazole rings is 1. The zero-order valence-corrected chi connectivity index (χ0v) is 13.4. The Bertz CT molecular complexity index is 654. The summed E-state index contributed by atoms with van der Waals surface area (Å²) in [6.45, 7) is 5.69. The summed E-state index contributed by atoms with van der Waals surface area (Å²) in [6.07, 6.45) is 6.90. The van der Waals surface area contributed by atoms with E-state index in [1.807, 2.05) is 31.7 Å². The van der Waals surface area contributed by atoms with Crippen molar-refractivity contribution in [1.29, 1.82) is 0 Å². The molecule has 0 amide bonds. The van der Waals surface area contributed by atoms with Gasteiger partial charge in [-0.25, -0.2) is 9.97 Å². The monoisotopic (exact) mass is 301 g/mol. The van der Waals surface area contributed by atoms with Crippen molar-refractivity contribution in [2.75, 3.05) is 18.0 Å². The predicted molar refractivity (Wildman–Crippen MR) is 84.6 cm³/mol. The summed E-state index contributed by atoms with van der Waals surface area (Å²) >= 11 is 0. The molecule has 1 fully saturated rings. The van der Waals surface area contributed by atoms with Crippen molar-refractivity contribution in [2.24, 2.45) is 13.0 Å². The second-order valence-electron chi connectivity index (χ2n) is 6.11. The molecule has 2 aromatic heterocycles. The number of nitrogens with zero attached hydrogens (tertiary/aromatic N) is 5. The Labute approximate surface area is 130 Å². The predicted octanol–water partition coefficient (Wildman–Crippen LogP) is 1.78. The van der Waals surface area contributed by atoms with Crippen LogP contribution >= 0.6 is 0 Å². The standard InChI is InChI=1S/C16H23N5O/c1-11-9-18-12(2)15(19-11)21-7-4-5-13(10-21)14(22)16-17-6-8-20(16)3/h6,8-9,13-14,22H,4-5,7,10H2,1-3H3. The molecule has 0 saturated carbocycles. The Kier molecular flexibility index (Phi) is 4.11. The van der Waals surface area contributed by atoms with Gasteiger partial charge in [-0.2, -0.15) is 0 Å². The van der Waals surface area contributed by atoms with Crippen LogP contribution in [0.1, 0.15) is 36.2 Å². The molecule has 3 heterocycles. The first-order valence-electron chi connectivity index (χ1n) is 7.76. The normalized spacial score (nSPS) is 20.2. The highest BCUT2D eigenvalue weighted by molar-refractivity contribution is 5.43. The van der Waals surface area contributed by atoms with Gasteiger partial charge in [-0.05, 0) is 26.7 Å². The van der Waals surface area contributed by atoms with E-state index in [-0.39, 0.29) is 5.92 Å². The lowest BCUT2D eigenvalue weighted by Gasteiger charge is -2.36. The molecule has 118 valence electrons. The molecule has 2 atom stereocenters. The molecular weight excluding hydrogens is 278 g/mol. The third kappa shape index (κ3) is 2.83. The lowest BCUT2D eigenvalue weighted by molar-refractivity contribution is 0.0873. The van der Waals surface area contributed by atoms with E-state index in [2.05, 4.69) is 19.9 Å². The summed E-state index contributed by atoms with van der Waals surface area (Å²) in [4.78, 5) is 15.6. The minimum atomic E-state index is -0.541. The van der Waals surface area contributed by atoms with Gasteiger partial charge in [0.05, 0.1) is 11.4 Å². The average molecular weight is 301 g/mol. The van der Waals surface area contributed by atoms with Crippen LogP contribution in [0.5, 0.6) is 0 Å². The maximum Gasteiger partial charge on any atom is 0.150 e. The molecule has 0 aromatic carbocycles. The molecule has 0 aliphatic carbocycles. The highest BCUT2D eigenvalue weighted by Gasteiger charge is 2.30. The van der Waals surface area contributed by atoms with Crippen LogP contribution in [0.3, 0.4) is 0 Å². The number of hydrogen-bond acceptors (Lipinski definition) is 5. The van der Waals surface area contributed by atoms with Gasteiger partial charge in [0.1, 0.15) is 17.7 Å². The van der Waals surface area contributed by atoms with Crippen LogP contribution in [0.2, 0.25) is 0 Å². The zero-order valence-electron chi connectivity index (χ0n) is 13.4. The fourth-order valence-electron chi connectivity index (χ4n) is 3.16. The summed E-state index contributed by atoms with van der Waals surface area (Å²) in [5.74, 6) is 1.84. The van der Waals surface area contributed by atoms with Gasteiger partial charge in [-0.15, -0.1) is 0 Å². The second-order valence-corrected chi connectivity index (χ2v) is 6.11. The summed E-state index contributed by atoms with van der Waals surface area (Å²) in [7, 11) is 1.92. The number of piperidine rings is 1. The number of aryl methyl sites for hydroxylation is 3. The number of aliphatic hydroxyl groups excluding tert-OH is 1. The third-order valence-electron chi connectivity index (χ3n) is 4.38. The van der Waals surface area contributed by atoms with E-state index in [0.717, 1.165) is 49.0 Å². The Morgan fingerprint density at radius 1 is 1.32 bits per heavy atom. The fraction of sp³-hybridized carbons (Fsp3) is 0.562. The average Bonchev–Trinajstić information content (AvgIpc) is 2.95. The second kappa shape index (κ2) is 6.04. The third-order valence-corrected chi connectivity index (χ3v) is 4.38. The van der Waals surface area contributed by atoms with Crippen LogP contribution in [-0.4, -0.2) is 37.7 Å². The number of aliphatic hydroxyl groups is 1. The number of rotatable bonds is 3. The van der Waals surface area contributed by atoms with Crippen LogP contribution in [0.4, 0.5) is 5.82 Å². The van der Waals surface area contributed by atoms with Crippen molar-refractivity contribution in [3.8, 4) is 0 Å². The van der Waals surface area contributed by atoms with Crippen molar-refractivity contribution in [2.45, 2.75) is 32.8 Å². The topological polar surface area (TPSA) is 67.1 Å². The van der Waals surface area contributed by atoms with Gasteiger partial charge in [0.2, 0.25) is 0 Å². The van der Waals surface area contributed by atoms with Crippen molar-refractivity contribution >= 4 is 5.82 Å². The SMILES string of the molecule is Cc1cnc(C)c(N2CCCC(C(O)c3nccn3C)C2)n1. The van der Waals surface area contributed by atoms with E-state index in [0.29, 0.717) is 0 Å². The highest BCUT2D eigenvalue weighted by atomic mass is 16.3. The molecule has 6 nitrogen and oxygen atoms in total. The van der Waals surface area contributed by atoms with Crippen molar-refractivity contribution in [1.82, 2.24) is 19.5 Å². The van der Waals surface area contributed by atoms with E-state index in [4.69, 9.17) is 0 Å². The maximum atomic E-state index is 10.7. The smallest absolute Gasteiger partial charge is 0.150 e. The molecule has 2 unspecified atom stereocenters. The molecule has 1 N–H and O–H groups in total. The van der Waals surface area contributed by atoms with E-state index in [9.17, 15) is 5.11 Å². The first-order valence-corrected chi connectivity index (χ1v) is 7.76. The van der Waals surface area contributed by atoms with E-state index in [1.54, 1.807) is 12.4 Å². The van der Waals surface area contributed by atoms with Crippen LogP contribution in [0.15, 0.2) is 18.6 Å². The van der Waals surface area contributed by atoms with Gasteiger partial charge in [0.25, 0.3) is 0 Å². The molecule has 1 aliphatic rings. The van der Waals surface area contributed by atoms with Crippen LogP contribution in [0.25, 0.3) is 0 Å². The lowest BCUT2D eigenvalue weighted by atomic mass is 9.92. The first-order chi connectivity index (χ1) is 10.6. The Morgan fingerprint density at radius 3 is 2.86 bits per heavy atom. The van der Waals surface area contributed by atoms with E-state index in [1.165, 1.54) is 0 Å². The van der Waals surface area contributed by atoms with Gasteiger partial charge in [-0.1, -0.05) is 0 Å². The summed E-state index contributed by atoms with van der Waals surface area (Å²) in [5, 5.41) is 10.7. The lowest BCUT2D eigenvalue weighted by Crippen LogP contribution is -2.39. The minimum absolute atomic E-state index is 0.163. The largest absolute Gasteiger partial charge is 0.385 e.